The van der Waals surface area contributed by atoms with Crippen molar-refractivity contribution in [2.24, 2.45) is 10.9 Å². The van der Waals surface area contributed by atoms with Gasteiger partial charge in [-0.1, -0.05) is 33.1 Å². The normalized spacial score (nSPS) is 16.2. The quantitative estimate of drug-likeness (QED) is 0.182. The molecule has 1 atom stereocenters. The number of morpholine rings is 1. The largest absolute Gasteiger partial charge is 0.379 e. The molecule has 0 bridgehead atoms. The lowest BCUT2D eigenvalue weighted by atomic mass is 9.99. The molecular weight excluding hydrogens is 469 g/mol. The first kappa shape index (κ1) is 27.4. The van der Waals surface area contributed by atoms with Gasteiger partial charge in [0, 0.05) is 40.3 Å². The number of nitrogens with zero attached hydrogens (tertiary/aromatic N) is 3. The second-order valence-corrected chi connectivity index (χ2v) is 7.48. The maximum atomic E-state index is 11.9. The van der Waals surface area contributed by atoms with Crippen LogP contribution < -0.4 is 10.6 Å². The molecule has 1 heterocycles. The number of carbonyl (C=O) groups excluding carboxylic acids is 1. The minimum Gasteiger partial charge on any atom is -0.379 e. The van der Waals surface area contributed by atoms with Gasteiger partial charge in [-0.05, 0) is 25.3 Å². The molecule has 8 heteroatoms. The number of ether oxygens (including phenoxy) is 1. The fourth-order valence-corrected chi connectivity index (χ4v) is 2.98. The van der Waals surface area contributed by atoms with E-state index in [2.05, 4.69) is 34.4 Å². The van der Waals surface area contributed by atoms with Crippen molar-refractivity contribution in [2.45, 2.75) is 46.0 Å². The van der Waals surface area contributed by atoms with Crippen LogP contribution >= 0.6 is 24.0 Å². The van der Waals surface area contributed by atoms with Crippen molar-refractivity contribution in [2.75, 3.05) is 66.6 Å². The second kappa shape index (κ2) is 17.3. The summed E-state index contributed by atoms with van der Waals surface area (Å²) >= 11 is 0. The van der Waals surface area contributed by atoms with E-state index in [1.54, 1.807) is 19.0 Å². The molecule has 1 fully saturated rings. The average Bonchev–Trinajstić information content (AvgIpc) is 2.69. The number of guanidine groups is 1. The predicted octanol–water partition coefficient (Wildman–Crippen LogP) is 2.17. The highest BCUT2D eigenvalue weighted by molar-refractivity contribution is 14.0. The SMILES string of the molecule is CCCCC(CC)CNC(=NCC(=O)N(C)C)NCCCN1CCOCC1.I. The van der Waals surface area contributed by atoms with Gasteiger partial charge in [-0.2, -0.15) is 0 Å². The van der Waals surface area contributed by atoms with Gasteiger partial charge >= 0.3 is 0 Å². The van der Waals surface area contributed by atoms with Crippen LogP contribution in [0.3, 0.4) is 0 Å². The lowest BCUT2D eigenvalue weighted by molar-refractivity contribution is -0.127. The topological polar surface area (TPSA) is 69.2 Å². The van der Waals surface area contributed by atoms with Crippen LogP contribution in [0, 0.1) is 5.92 Å². The maximum absolute atomic E-state index is 11.9. The highest BCUT2D eigenvalue weighted by atomic mass is 127. The molecule has 1 aliphatic rings. The van der Waals surface area contributed by atoms with Crippen molar-refractivity contribution in [3.8, 4) is 0 Å². The molecule has 28 heavy (non-hydrogen) atoms. The summed E-state index contributed by atoms with van der Waals surface area (Å²) in [6.07, 6.45) is 5.94. The molecule has 1 rings (SSSR count). The summed E-state index contributed by atoms with van der Waals surface area (Å²) in [4.78, 5) is 20.4. The Morgan fingerprint density at radius 2 is 1.89 bits per heavy atom. The van der Waals surface area contributed by atoms with E-state index >= 15 is 0 Å². The number of carbonyl (C=O) groups is 1. The molecule has 0 aromatic carbocycles. The Morgan fingerprint density at radius 3 is 2.50 bits per heavy atom. The lowest BCUT2D eigenvalue weighted by Gasteiger charge is -2.26. The molecule has 0 aromatic rings. The van der Waals surface area contributed by atoms with E-state index in [9.17, 15) is 4.79 Å². The van der Waals surface area contributed by atoms with E-state index in [-0.39, 0.29) is 36.4 Å². The van der Waals surface area contributed by atoms with Crippen molar-refractivity contribution in [3.63, 3.8) is 0 Å². The fraction of sp³-hybridized carbons (Fsp3) is 0.900. The maximum Gasteiger partial charge on any atom is 0.243 e. The van der Waals surface area contributed by atoms with Crippen molar-refractivity contribution in [1.82, 2.24) is 20.4 Å². The molecule has 2 N–H and O–H groups in total. The van der Waals surface area contributed by atoms with Gasteiger partial charge < -0.3 is 20.3 Å². The molecule has 1 unspecified atom stereocenters. The first-order chi connectivity index (χ1) is 13.1. The van der Waals surface area contributed by atoms with Crippen LogP contribution in [0.25, 0.3) is 0 Å². The van der Waals surface area contributed by atoms with Crippen molar-refractivity contribution < 1.29 is 9.53 Å². The molecule has 0 saturated carbocycles. The zero-order chi connectivity index (χ0) is 19.9. The minimum atomic E-state index is 0. The molecule has 1 aliphatic heterocycles. The molecule has 1 saturated heterocycles. The van der Waals surface area contributed by atoms with E-state index in [4.69, 9.17) is 4.74 Å². The number of amides is 1. The van der Waals surface area contributed by atoms with E-state index in [1.165, 1.54) is 19.3 Å². The molecule has 0 aliphatic carbocycles. The van der Waals surface area contributed by atoms with E-state index in [0.717, 1.165) is 64.7 Å². The molecule has 7 nitrogen and oxygen atoms in total. The third-order valence-electron chi connectivity index (χ3n) is 5.02. The number of rotatable bonds is 12. The summed E-state index contributed by atoms with van der Waals surface area (Å²) < 4.78 is 5.39. The zero-order valence-electron chi connectivity index (χ0n) is 18.3. The van der Waals surface area contributed by atoms with Gasteiger partial charge in [0.2, 0.25) is 5.91 Å². The van der Waals surface area contributed by atoms with Gasteiger partial charge in [0.25, 0.3) is 0 Å². The number of unbranched alkanes of at least 4 members (excludes halogenated alkanes) is 1. The molecule has 0 spiro atoms. The summed E-state index contributed by atoms with van der Waals surface area (Å²) in [5, 5.41) is 6.85. The summed E-state index contributed by atoms with van der Waals surface area (Å²) in [5.74, 6) is 1.42. The molecule has 0 aromatic heterocycles. The smallest absolute Gasteiger partial charge is 0.243 e. The first-order valence-electron chi connectivity index (χ1n) is 10.6. The molecular formula is C20H42IN5O2. The van der Waals surface area contributed by atoms with E-state index in [1.807, 2.05) is 0 Å². The number of nitrogens with one attached hydrogen (secondary N) is 2. The highest BCUT2D eigenvalue weighted by Gasteiger charge is 2.11. The van der Waals surface area contributed by atoms with Gasteiger partial charge in [0.15, 0.2) is 5.96 Å². The third-order valence-corrected chi connectivity index (χ3v) is 5.02. The first-order valence-corrected chi connectivity index (χ1v) is 10.6. The van der Waals surface area contributed by atoms with Gasteiger partial charge in [0.05, 0.1) is 13.2 Å². The Bertz CT molecular complexity index is 429. The summed E-state index contributed by atoms with van der Waals surface area (Å²) in [6, 6.07) is 0. The monoisotopic (exact) mass is 511 g/mol. The van der Waals surface area contributed by atoms with Gasteiger partial charge in [0.1, 0.15) is 6.54 Å². The van der Waals surface area contributed by atoms with Crippen LogP contribution in [0.4, 0.5) is 0 Å². The third kappa shape index (κ3) is 12.8. The molecule has 166 valence electrons. The minimum absolute atomic E-state index is 0. The summed E-state index contributed by atoms with van der Waals surface area (Å²) in [7, 11) is 3.52. The van der Waals surface area contributed by atoms with Crippen LogP contribution in [0.5, 0.6) is 0 Å². The van der Waals surface area contributed by atoms with E-state index in [0.29, 0.717) is 5.92 Å². The Balaban J connectivity index is 0.00000729. The van der Waals surface area contributed by atoms with Crippen molar-refractivity contribution >= 4 is 35.8 Å². The summed E-state index contributed by atoms with van der Waals surface area (Å²) in [5.41, 5.74) is 0. The Labute approximate surface area is 189 Å². The van der Waals surface area contributed by atoms with Crippen LogP contribution in [0.1, 0.15) is 46.0 Å². The van der Waals surface area contributed by atoms with Crippen molar-refractivity contribution in [1.29, 1.82) is 0 Å². The molecule has 0 radical (unpaired) electrons. The van der Waals surface area contributed by atoms with Gasteiger partial charge in [-0.3, -0.25) is 9.69 Å². The predicted molar refractivity (Wildman–Crippen MR) is 128 cm³/mol. The standard InChI is InChI=1S/C20H41N5O2.HI/c1-5-7-9-18(6-2)16-22-20(23-17-19(26)24(3)4)21-10-8-11-25-12-14-27-15-13-25;/h18H,5-17H2,1-4H3,(H2,21,22,23);1H. The number of aliphatic imine (C=N–C) groups is 1. The van der Waals surface area contributed by atoms with Crippen LogP contribution in [-0.4, -0.2) is 88.2 Å². The van der Waals surface area contributed by atoms with E-state index < -0.39 is 0 Å². The van der Waals surface area contributed by atoms with Crippen LogP contribution in [0.2, 0.25) is 0 Å². The zero-order valence-corrected chi connectivity index (χ0v) is 20.7. The number of hydrogen-bond acceptors (Lipinski definition) is 4. The summed E-state index contributed by atoms with van der Waals surface area (Å²) in [6.45, 7) is 11.2. The van der Waals surface area contributed by atoms with Crippen LogP contribution in [-0.2, 0) is 9.53 Å². The lowest BCUT2D eigenvalue weighted by Crippen LogP contribution is -2.42. The van der Waals surface area contributed by atoms with Crippen molar-refractivity contribution in [3.05, 3.63) is 0 Å². The average molecular weight is 511 g/mol. The Hall–Kier alpha value is -0.610. The highest BCUT2D eigenvalue weighted by Crippen LogP contribution is 2.11. The van der Waals surface area contributed by atoms with Gasteiger partial charge in [-0.15, -0.1) is 24.0 Å². The number of hydrogen-bond donors (Lipinski definition) is 2. The second-order valence-electron chi connectivity index (χ2n) is 7.48. The fourth-order valence-electron chi connectivity index (χ4n) is 2.98. The number of halogens is 1. The molecule has 1 amide bonds. The van der Waals surface area contributed by atoms with Gasteiger partial charge in [-0.25, -0.2) is 4.99 Å². The Morgan fingerprint density at radius 1 is 1.18 bits per heavy atom. The van der Waals surface area contributed by atoms with Crippen LogP contribution in [0.15, 0.2) is 4.99 Å². The Kier molecular flexibility index (Phi) is 16.9. The number of likely N-dealkylation sites (N-methyl/N-ethyl adjacent to an activating group) is 1.